The van der Waals surface area contributed by atoms with E-state index >= 15 is 0 Å². The van der Waals surface area contributed by atoms with Crippen LogP contribution in [0.3, 0.4) is 0 Å². The third-order valence-electron chi connectivity index (χ3n) is 6.43. The van der Waals surface area contributed by atoms with E-state index in [0.717, 1.165) is 37.8 Å². The molecule has 7 heteroatoms. The quantitative estimate of drug-likeness (QED) is 0.198. The summed E-state index contributed by atoms with van der Waals surface area (Å²) in [7, 11) is -3.74. The van der Waals surface area contributed by atoms with Crippen LogP contribution in [0.25, 0.3) is 0 Å². The Morgan fingerprint density at radius 2 is 1.37 bits per heavy atom. The topological polar surface area (TPSA) is 92.7 Å². The summed E-state index contributed by atoms with van der Waals surface area (Å²) in [6, 6.07) is 19.4. The standard InChI is InChI=1S/C31H39NO5S/c1-3-5-6-7-8-9-11-30(31(34)32-25-14-12-24(10-4-2)13-15-25)37-27-18-22-29(23-19-27)38(35,36)28-20-16-26(33)17-21-28/h12-23,30,33H,3-11H2,1-2H3,(H,32,34). The molecular weight excluding hydrogens is 498 g/mol. The summed E-state index contributed by atoms with van der Waals surface area (Å²) in [5, 5.41) is 12.4. The number of phenolic OH excluding ortho intramolecular Hbond substituents is 1. The number of unbranched alkanes of at least 4 members (excludes halogenated alkanes) is 5. The number of sulfone groups is 1. The fraction of sp³-hybridized carbons (Fsp3) is 0.387. The number of phenols is 1. The van der Waals surface area contributed by atoms with Gasteiger partial charge in [-0.3, -0.25) is 4.79 Å². The van der Waals surface area contributed by atoms with Gasteiger partial charge in [-0.25, -0.2) is 8.42 Å². The first kappa shape index (κ1) is 29.2. The lowest BCUT2D eigenvalue weighted by molar-refractivity contribution is -0.123. The van der Waals surface area contributed by atoms with E-state index in [1.807, 2.05) is 24.3 Å². The first-order chi connectivity index (χ1) is 18.3. The molecule has 38 heavy (non-hydrogen) atoms. The summed E-state index contributed by atoms with van der Waals surface area (Å²) in [5.74, 6) is 0.209. The summed E-state index contributed by atoms with van der Waals surface area (Å²) in [6.07, 6.45) is 8.55. The minimum atomic E-state index is -3.74. The van der Waals surface area contributed by atoms with Crippen LogP contribution in [0.4, 0.5) is 5.69 Å². The molecule has 0 spiro atoms. The Kier molecular flexibility index (Phi) is 11.2. The van der Waals surface area contributed by atoms with Crippen molar-refractivity contribution in [2.45, 2.75) is 87.5 Å². The Morgan fingerprint density at radius 3 is 1.97 bits per heavy atom. The molecule has 0 aliphatic rings. The van der Waals surface area contributed by atoms with Gasteiger partial charge in [0, 0.05) is 5.69 Å². The second kappa shape index (κ2) is 14.6. The number of amides is 1. The Hall–Kier alpha value is -3.32. The predicted molar refractivity (Wildman–Crippen MR) is 151 cm³/mol. The fourth-order valence-corrected chi connectivity index (χ4v) is 5.50. The smallest absolute Gasteiger partial charge is 0.265 e. The molecule has 0 aliphatic heterocycles. The van der Waals surface area contributed by atoms with E-state index in [1.54, 1.807) is 12.1 Å². The molecule has 2 N–H and O–H groups in total. The van der Waals surface area contributed by atoms with Gasteiger partial charge in [-0.1, -0.05) is 64.5 Å². The number of rotatable bonds is 15. The van der Waals surface area contributed by atoms with E-state index in [0.29, 0.717) is 12.2 Å². The van der Waals surface area contributed by atoms with Crippen LogP contribution in [-0.4, -0.2) is 25.5 Å². The van der Waals surface area contributed by atoms with Crippen LogP contribution >= 0.6 is 0 Å². The third kappa shape index (κ3) is 8.62. The number of carbonyl (C=O) groups is 1. The van der Waals surface area contributed by atoms with Crippen molar-refractivity contribution < 1.29 is 23.1 Å². The largest absolute Gasteiger partial charge is 0.508 e. The maximum Gasteiger partial charge on any atom is 0.265 e. The lowest BCUT2D eigenvalue weighted by atomic mass is 10.1. The zero-order chi connectivity index (χ0) is 27.4. The van der Waals surface area contributed by atoms with Crippen LogP contribution in [0.1, 0.15) is 70.8 Å². The molecule has 0 aromatic heterocycles. The Bertz CT molecular complexity index is 1240. The van der Waals surface area contributed by atoms with Crippen molar-refractivity contribution >= 4 is 21.4 Å². The predicted octanol–water partition coefficient (Wildman–Crippen LogP) is 7.31. The zero-order valence-electron chi connectivity index (χ0n) is 22.4. The molecule has 1 unspecified atom stereocenters. The summed E-state index contributed by atoms with van der Waals surface area (Å²) < 4.78 is 31.9. The summed E-state index contributed by atoms with van der Waals surface area (Å²) in [5.41, 5.74) is 1.95. The lowest BCUT2D eigenvalue weighted by Gasteiger charge is -2.19. The average molecular weight is 538 g/mol. The van der Waals surface area contributed by atoms with Gasteiger partial charge in [0.05, 0.1) is 9.79 Å². The normalized spacial score (nSPS) is 12.2. The molecule has 0 bridgehead atoms. The van der Waals surface area contributed by atoms with Crippen molar-refractivity contribution in [3.8, 4) is 11.5 Å². The first-order valence-electron chi connectivity index (χ1n) is 13.5. The fourth-order valence-electron chi connectivity index (χ4n) is 4.24. The first-order valence-corrected chi connectivity index (χ1v) is 15.0. The van der Waals surface area contributed by atoms with Gasteiger partial charge < -0.3 is 15.2 Å². The lowest BCUT2D eigenvalue weighted by Crippen LogP contribution is -2.33. The second-order valence-corrected chi connectivity index (χ2v) is 11.5. The Morgan fingerprint density at radius 1 is 0.789 bits per heavy atom. The zero-order valence-corrected chi connectivity index (χ0v) is 23.2. The maximum absolute atomic E-state index is 13.2. The van der Waals surface area contributed by atoms with Gasteiger partial charge in [-0.05, 0) is 85.5 Å². The van der Waals surface area contributed by atoms with Gasteiger partial charge in [0.1, 0.15) is 11.5 Å². The molecule has 1 amide bonds. The van der Waals surface area contributed by atoms with Crippen molar-refractivity contribution in [1.82, 2.24) is 0 Å². The number of anilines is 1. The number of hydrogen-bond donors (Lipinski definition) is 2. The van der Waals surface area contributed by atoms with Crippen LogP contribution < -0.4 is 10.1 Å². The van der Waals surface area contributed by atoms with Gasteiger partial charge in [0.2, 0.25) is 9.84 Å². The number of aromatic hydroxyl groups is 1. The van der Waals surface area contributed by atoms with Crippen molar-refractivity contribution in [3.63, 3.8) is 0 Å². The highest BCUT2D eigenvalue weighted by Gasteiger charge is 2.22. The van der Waals surface area contributed by atoms with E-state index in [-0.39, 0.29) is 21.4 Å². The average Bonchev–Trinajstić information content (AvgIpc) is 2.91. The molecule has 6 nitrogen and oxygen atoms in total. The summed E-state index contributed by atoms with van der Waals surface area (Å²) in [6.45, 7) is 4.32. The number of nitrogens with one attached hydrogen (secondary N) is 1. The molecule has 204 valence electrons. The third-order valence-corrected chi connectivity index (χ3v) is 8.22. The van der Waals surface area contributed by atoms with Gasteiger partial charge in [-0.2, -0.15) is 0 Å². The number of ether oxygens (including phenoxy) is 1. The van der Waals surface area contributed by atoms with Gasteiger partial charge in [-0.15, -0.1) is 0 Å². The number of carbonyl (C=O) groups excluding carboxylic acids is 1. The minimum Gasteiger partial charge on any atom is -0.508 e. The number of hydrogen-bond acceptors (Lipinski definition) is 5. The molecule has 3 rings (SSSR count). The Balaban J connectivity index is 1.69. The highest BCUT2D eigenvalue weighted by Crippen LogP contribution is 2.26. The van der Waals surface area contributed by atoms with Crippen molar-refractivity contribution in [3.05, 3.63) is 78.4 Å². The van der Waals surface area contributed by atoms with E-state index in [4.69, 9.17) is 4.74 Å². The van der Waals surface area contributed by atoms with Gasteiger partial charge in [0.25, 0.3) is 5.91 Å². The summed E-state index contributed by atoms with van der Waals surface area (Å²) >= 11 is 0. The van der Waals surface area contributed by atoms with Crippen LogP contribution in [0.15, 0.2) is 82.6 Å². The minimum absolute atomic E-state index is 0.000664. The van der Waals surface area contributed by atoms with Gasteiger partial charge >= 0.3 is 0 Å². The monoisotopic (exact) mass is 537 g/mol. The molecule has 0 fully saturated rings. The van der Waals surface area contributed by atoms with Crippen LogP contribution in [0.5, 0.6) is 11.5 Å². The molecule has 0 radical (unpaired) electrons. The van der Waals surface area contributed by atoms with E-state index in [1.165, 1.54) is 61.2 Å². The molecule has 0 heterocycles. The van der Waals surface area contributed by atoms with Gasteiger partial charge in [0.15, 0.2) is 6.10 Å². The highest BCUT2D eigenvalue weighted by molar-refractivity contribution is 7.91. The van der Waals surface area contributed by atoms with Crippen molar-refractivity contribution in [2.24, 2.45) is 0 Å². The molecule has 3 aromatic carbocycles. The number of benzene rings is 3. The van der Waals surface area contributed by atoms with Crippen molar-refractivity contribution in [1.29, 1.82) is 0 Å². The van der Waals surface area contributed by atoms with Crippen LogP contribution in [0.2, 0.25) is 0 Å². The molecule has 0 aliphatic carbocycles. The molecular formula is C31H39NO5S. The SMILES string of the molecule is CCCCCCCCC(Oc1ccc(S(=O)(=O)c2ccc(O)cc2)cc1)C(=O)Nc1ccc(CCC)cc1. The van der Waals surface area contributed by atoms with E-state index < -0.39 is 15.9 Å². The second-order valence-electron chi connectivity index (χ2n) is 9.57. The van der Waals surface area contributed by atoms with E-state index in [2.05, 4.69) is 19.2 Å². The molecule has 1 atom stereocenters. The maximum atomic E-state index is 13.2. The molecule has 0 saturated carbocycles. The van der Waals surface area contributed by atoms with Crippen molar-refractivity contribution in [2.75, 3.05) is 5.32 Å². The highest BCUT2D eigenvalue weighted by atomic mass is 32.2. The summed E-state index contributed by atoms with van der Waals surface area (Å²) in [4.78, 5) is 13.4. The van der Waals surface area contributed by atoms with E-state index in [9.17, 15) is 18.3 Å². The van der Waals surface area contributed by atoms with Crippen LogP contribution in [-0.2, 0) is 21.1 Å². The Labute approximate surface area is 227 Å². The van der Waals surface area contributed by atoms with Crippen LogP contribution in [0, 0.1) is 0 Å². The molecule has 3 aromatic rings. The molecule has 0 saturated heterocycles. The number of aryl methyl sites for hydroxylation is 1.